The zero-order valence-corrected chi connectivity index (χ0v) is 10.5. The van der Waals surface area contributed by atoms with Crippen molar-refractivity contribution in [2.24, 2.45) is 11.1 Å². The van der Waals surface area contributed by atoms with Crippen LogP contribution in [0.5, 0.6) is 0 Å². The highest BCUT2D eigenvalue weighted by molar-refractivity contribution is 5.84. The number of nitrogens with two attached hydrogens (primary N) is 1. The molecule has 2 rings (SSSR count). The third-order valence-electron chi connectivity index (χ3n) is 3.98. The van der Waals surface area contributed by atoms with Gasteiger partial charge in [0, 0.05) is 12.1 Å². The van der Waals surface area contributed by atoms with Crippen LogP contribution in [0.3, 0.4) is 0 Å². The number of H-pyrrole nitrogens is 1. The summed E-state index contributed by atoms with van der Waals surface area (Å²) in [6.45, 7) is 1.82. The first kappa shape index (κ1) is 13.9. The van der Waals surface area contributed by atoms with Gasteiger partial charge in [-0.1, -0.05) is 6.92 Å². The van der Waals surface area contributed by atoms with Crippen LogP contribution in [0.25, 0.3) is 0 Å². The first-order valence-electron chi connectivity index (χ1n) is 6.15. The van der Waals surface area contributed by atoms with E-state index in [1.807, 2.05) is 6.92 Å². The fourth-order valence-corrected chi connectivity index (χ4v) is 2.49. The lowest BCUT2D eigenvalue weighted by Gasteiger charge is -2.20. The molecule has 1 amide bonds. The fraction of sp³-hybridized carbons (Fsp3) is 0.667. The van der Waals surface area contributed by atoms with Crippen molar-refractivity contribution in [2.45, 2.75) is 44.7 Å². The Kier molecular flexibility index (Phi) is 3.32. The van der Waals surface area contributed by atoms with Crippen LogP contribution in [0.4, 0.5) is 13.2 Å². The van der Waals surface area contributed by atoms with Crippen molar-refractivity contribution in [3.63, 3.8) is 0 Å². The first-order valence-corrected chi connectivity index (χ1v) is 6.15. The number of amides is 1. The predicted molar refractivity (Wildman–Crippen MR) is 62.2 cm³/mol. The van der Waals surface area contributed by atoms with Gasteiger partial charge in [-0.05, 0) is 30.7 Å². The minimum Gasteiger partial charge on any atom is -0.369 e. The standard InChI is InChI=1S/C12H16F3N3O/c1-7(11(4-5-11)10(16)19)8-6-17-18-9(8)2-3-12(13,14)15/h6-7H,2-5H2,1H3,(H2,16,19)(H,17,18)/t7-/m1/s1. The van der Waals surface area contributed by atoms with Crippen molar-refractivity contribution in [1.29, 1.82) is 0 Å². The van der Waals surface area contributed by atoms with E-state index in [1.165, 1.54) is 6.20 Å². The summed E-state index contributed by atoms with van der Waals surface area (Å²) in [4.78, 5) is 11.5. The Hall–Kier alpha value is -1.53. The van der Waals surface area contributed by atoms with Crippen LogP contribution in [0.15, 0.2) is 6.20 Å². The number of hydrogen-bond acceptors (Lipinski definition) is 2. The van der Waals surface area contributed by atoms with Crippen molar-refractivity contribution < 1.29 is 18.0 Å². The lowest BCUT2D eigenvalue weighted by atomic mass is 9.84. The largest absolute Gasteiger partial charge is 0.389 e. The maximum atomic E-state index is 12.2. The number of rotatable bonds is 5. The number of alkyl halides is 3. The zero-order chi connectivity index (χ0) is 14.3. The van der Waals surface area contributed by atoms with E-state index in [4.69, 9.17) is 5.73 Å². The number of nitrogens with one attached hydrogen (secondary N) is 1. The molecule has 0 bridgehead atoms. The van der Waals surface area contributed by atoms with Crippen molar-refractivity contribution in [1.82, 2.24) is 10.2 Å². The highest BCUT2D eigenvalue weighted by Gasteiger charge is 2.53. The van der Waals surface area contributed by atoms with E-state index in [0.717, 1.165) is 0 Å². The number of halogens is 3. The average molecular weight is 275 g/mol. The lowest BCUT2D eigenvalue weighted by Crippen LogP contribution is -2.29. The van der Waals surface area contributed by atoms with Gasteiger partial charge in [-0.15, -0.1) is 0 Å². The zero-order valence-electron chi connectivity index (χ0n) is 10.5. The molecule has 7 heteroatoms. The summed E-state index contributed by atoms with van der Waals surface area (Å²) in [5.74, 6) is -0.588. The van der Waals surface area contributed by atoms with Gasteiger partial charge in [0.05, 0.1) is 11.6 Å². The van der Waals surface area contributed by atoms with Gasteiger partial charge in [-0.25, -0.2) is 0 Å². The topological polar surface area (TPSA) is 71.8 Å². The molecule has 1 aliphatic carbocycles. The van der Waals surface area contributed by atoms with Gasteiger partial charge in [-0.3, -0.25) is 9.89 Å². The van der Waals surface area contributed by atoms with E-state index < -0.39 is 18.0 Å². The van der Waals surface area contributed by atoms with E-state index in [9.17, 15) is 18.0 Å². The molecule has 0 spiro atoms. The molecule has 0 saturated heterocycles. The SMILES string of the molecule is C[C@H](c1cn[nH]c1CCC(F)(F)F)C1(C(N)=O)CC1. The number of carbonyl (C=O) groups excluding carboxylic acids is 1. The molecule has 1 atom stereocenters. The number of aryl methyl sites for hydroxylation is 1. The Morgan fingerprint density at radius 1 is 1.58 bits per heavy atom. The molecule has 0 unspecified atom stereocenters. The molecular weight excluding hydrogens is 259 g/mol. The smallest absolute Gasteiger partial charge is 0.369 e. The summed E-state index contributed by atoms with van der Waals surface area (Å²) in [7, 11) is 0. The Morgan fingerprint density at radius 3 is 2.68 bits per heavy atom. The molecule has 0 aromatic carbocycles. The molecule has 3 N–H and O–H groups in total. The van der Waals surface area contributed by atoms with Gasteiger partial charge in [0.25, 0.3) is 0 Å². The molecule has 1 aromatic heterocycles. The second-order valence-corrected chi connectivity index (χ2v) is 5.16. The van der Waals surface area contributed by atoms with E-state index in [1.54, 1.807) is 0 Å². The number of aromatic amines is 1. The summed E-state index contributed by atoms with van der Waals surface area (Å²) in [6, 6.07) is 0. The lowest BCUT2D eigenvalue weighted by molar-refractivity contribution is -0.134. The predicted octanol–water partition coefficient (Wildman–Crippen LogP) is 2.27. The van der Waals surface area contributed by atoms with Crippen LogP contribution in [0, 0.1) is 5.41 Å². The van der Waals surface area contributed by atoms with E-state index in [0.29, 0.717) is 24.1 Å². The van der Waals surface area contributed by atoms with Gasteiger partial charge in [-0.2, -0.15) is 18.3 Å². The van der Waals surface area contributed by atoms with Crippen molar-refractivity contribution in [3.8, 4) is 0 Å². The molecule has 0 aliphatic heterocycles. The normalized spacial score (nSPS) is 19.2. The summed E-state index contributed by atoms with van der Waals surface area (Å²) in [5, 5.41) is 6.40. The maximum Gasteiger partial charge on any atom is 0.389 e. The monoisotopic (exact) mass is 275 g/mol. The van der Waals surface area contributed by atoms with Gasteiger partial charge in [0.2, 0.25) is 5.91 Å². The Balaban J connectivity index is 2.14. The third kappa shape index (κ3) is 2.74. The van der Waals surface area contributed by atoms with Crippen molar-refractivity contribution in [2.75, 3.05) is 0 Å². The molecule has 1 fully saturated rings. The molecule has 1 saturated carbocycles. The molecule has 4 nitrogen and oxygen atoms in total. The molecule has 106 valence electrons. The van der Waals surface area contributed by atoms with Crippen LogP contribution in [0.1, 0.15) is 43.4 Å². The van der Waals surface area contributed by atoms with Crippen LogP contribution in [-0.4, -0.2) is 22.3 Å². The number of aromatic nitrogens is 2. The number of carbonyl (C=O) groups is 1. The van der Waals surface area contributed by atoms with Gasteiger partial charge >= 0.3 is 6.18 Å². The molecular formula is C12H16F3N3O. The van der Waals surface area contributed by atoms with E-state index in [-0.39, 0.29) is 18.2 Å². The quantitative estimate of drug-likeness (QED) is 0.865. The van der Waals surface area contributed by atoms with Gasteiger partial charge < -0.3 is 5.73 Å². The summed E-state index contributed by atoms with van der Waals surface area (Å²) >= 11 is 0. The van der Waals surface area contributed by atoms with Gasteiger partial charge in [0.1, 0.15) is 0 Å². The second-order valence-electron chi connectivity index (χ2n) is 5.16. The molecule has 19 heavy (non-hydrogen) atoms. The Labute approximate surface area is 108 Å². The summed E-state index contributed by atoms with van der Waals surface area (Å²) < 4.78 is 36.7. The average Bonchev–Trinajstić information content (AvgIpc) is 2.98. The van der Waals surface area contributed by atoms with E-state index >= 15 is 0 Å². The van der Waals surface area contributed by atoms with Crippen LogP contribution >= 0.6 is 0 Å². The third-order valence-corrected chi connectivity index (χ3v) is 3.98. The minimum absolute atomic E-state index is 0.155. The maximum absolute atomic E-state index is 12.2. The first-order chi connectivity index (χ1) is 8.76. The van der Waals surface area contributed by atoms with Gasteiger partial charge in [0.15, 0.2) is 0 Å². The van der Waals surface area contributed by atoms with E-state index in [2.05, 4.69) is 10.2 Å². The molecule has 1 aliphatic rings. The molecule has 1 heterocycles. The fourth-order valence-electron chi connectivity index (χ4n) is 2.49. The second kappa shape index (κ2) is 4.54. The molecule has 1 aromatic rings. The summed E-state index contributed by atoms with van der Waals surface area (Å²) in [6.07, 6.45) is -2.39. The Morgan fingerprint density at radius 2 is 2.21 bits per heavy atom. The Bertz CT molecular complexity index is 477. The highest BCUT2D eigenvalue weighted by atomic mass is 19.4. The van der Waals surface area contributed by atoms with Crippen molar-refractivity contribution >= 4 is 5.91 Å². The minimum atomic E-state index is -4.20. The van der Waals surface area contributed by atoms with Crippen LogP contribution < -0.4 is 5.73 Å². The van der Waals surface area contributed by atoms with Crippen LogP contribution in [0.2, 0.25) is 0 Å². The number of primary amides is 1. The van der Waals surface area contributed by atoms with Crippen LogP contribution in [-0.2, 0) is 11.2 Å². The molecule has 0 radical (unpaired) electrons. The summed E-state index contributed by atoms with van der Waals surface area (Å²) in [5.41, 5.74) is 5.89. The van der Waals surface area contributed by atoms with Crippen molar-refractivity contribution in [3.05, 3.63) is 17.5 Å². The number of hydrogen-bond donors (Lipinski definition) is 2. The highest BCUT2D eigenvalue weighted by Crippen LogP contribution is 2.56. The number of nitrogens with zero attached hydrogens (tertiary/aromatic N) is 1.